The Morgan fingerprint density at radius 2 is 1.42 bits per heavy atom. The van der Waals surface area contributed by atoms with Crippen LogP contribution in [0.4, 0.5) is 11.4 Å². The van der Waals surface area contributed by atoms with Crippen molar-refractivity contribution >= 4 is 52.4 Å². The molecule has 2 amide bonds. The van der Waals surface area contributed by atoms with Gasteiger partial charge in [0.1, 0.15) is 5.92 Å². The number of para-hydroxylation sites is 2. The molecule has 0 aromatic heterocycles. The number of benzene rings is 3. The van der Waals surface area contributed by atoms with E-state index in [1.165, 1.54) is 0 Å². The molecule has 0 fully saturated rings. The molecule has 0 aliphatic carbocycles. The summed E-state index contributed by atoms with van der Waals surface area (Å²) in [4.78, 5) is 38.6. The first-order valence-corrected chi connectivity index (χ1v) is 10.1. The maximum Gasteiger partial charge on any atom is 0.312 e. The largest absolute Gasteiger partial charge is 0.481 e. The van der Waals surface area contributed by atoms with E-state index in [1.807, 2.05) is 0 Å². The fourth-order valence-electron chi connectivity index (χ4n) is 3.56. The van der Waals surface area contributed by atoms with Crippen LogP contribution >= 0.6 is 23.2 Å². The minimum Gasteiger partial charge on any atom is -0.481 e. The maximum absolute atomic E-state index is 12.7. The van der Waals surface area contributed by atoms with Gasteiger partial charge in [-0.25, -0.2) is 0 Å². The van der Waals surface area contributed by atoms with E-state index in [9.17, 15) is 19.5 Å². The Labute approximate surface area is 188 Å². The predicted octanol–water partition coefficient (Wildman–Crippen LogP) is 5.20. The summed E-state index contributed by atoms with van der Waals surface area (Å²) in [6.07, 6.45) is 0. The highest BCUT2D eigenvalue weighted by Gasteiger charge is 2.38. The van der Waals surface area contributed by atoms with Crippen molar-refractivity contribution in [3.05, 3.63) is 93.5 Å². The van der Waals surface area contributed by atoms with Crippen LogP contribution in [-0.2, 0) is 4.79 Å². The molecule has 0 radical (unpaired) electrons. The molecule has 0 saturated carbocycles. The molecule has 1 aliphatic heterocycles. The van der Waals surface area contributed by atoms with Gasteiger partial charge in [-0.2, -0.15) is 0 Å². The molecular weight excluding hydrogens is 439 g/mol. The van der Waals surface area contributed by atoms with Crippen LogP contribution in [0.1, 0.15) is 32.2 Å². The van der Waals surface area contributed by atoms with Gasteiger partial charge >= 0.3 is 5.97 Å². The molecule has 1 heterocycles. The highest BCUT2D eigenvalue weighted by Crippen LogP contribution is 2.36. The maximum atomic E-state index is 12.7. The molecule has 4 rings (SSSR count). The number of aliphatic carboxylic acids is 1. The SMILES string of the molecule is O=C(O)C(CN1C(=O)c2ccccc2C1=O)c1ccccc1Nc1c(Cl)cccc1Cl. The van der Waals surface area contributed by atoms with Crippen molar-refractivity contribution in [2.45, 2.75) is 5.92 Å². The van der Waals surface area contributed by atoms with Crippen molar-refractivity contribution < 1.29 is 19.5 Å². The summed E-state index contributed by atoms with van der Waals surface area (Å²) in [5, 5.41) is 13.8. The van der Waals surface area contributed by atoms with E-state index < -0.39 is 23.7 Å². The second-order valence-electron chi connectivity index (χ2n) is 6.97. The first-order chi connectivity index (χ1) is 14.9. The van der Waals surface area contributed by atoms with E-state index in [2.05, 4.69) is 5.32 Å². The van der Waals surface area contributed by atoms with Gasteiger partial charge in [0.25, 0.3) is 11.8 Å². The number of hydrogen-bond donors (Lipinski definition) is 2. The number of nitrogens with one attached hydrogen (secondary N) is 1. The van der Waals surface area contributed by atoms with Crippen LogP contribution in [0.15, 0.2) is 66.7 Å². The van der Waals surface area contributed by atoms with Gasteiger partial charge in [-0.05, 0) is 35.9 Å². The van der Waals surface area contributed by atoms with Crippen LogP contribution in [0.5, 0.6) is 0 Å². The third-order valence-electron chi connectivity index (χ3n) is 5.10. The average Bonchev–Trinajstić information content (AvgIpc) is 2.99. The van der Waals surface area contributed by atoms with Crippen molar-refractivity contribution in [2.24, 2.45) is 0 Å². The zero-order chi connectivity index (χ0) is 22.1. The average molecular weight is 455 g/mol. The summed E-state index contributed by atoms with van der Waals surface area (Å²) < 4.78 is 0. The summed E-state index contributed by atoms with van der Waals surface area (Å²) in [6, 6.07) is 18.2. The number of amides is 2. The number of carboxylic acid groups (broad SMARTS) is 1. The molecule has 31 heavy (non-hydrogen) atoms. The fourth-order valence-corrected chi connectivity index (χ4v) is 4.06. The fraction of sp³-hybridized carbons (Fsp3) is 0.0870. The Hall–Kier alpha value is -3.35. The van der Waals surface area contributed by atoms with Crippen molar-refractivity contribution in [3.63, 3.8) is 0 Å². The topological polar surface area (TPSA) is 86.7 Å². The van der Waals surface area contributed by atoms with Gasteiger partial charge in [-0.3, -0.25) is 19.3 Å². The summed E-state index contributed by atoms with van der Waals surface area (Å²) in [6.45, 7) is -0.309. The van der Waals surface area contributed by atoms with Crippen molar-refractivity contribution in [1.29, 1.82) is 0 Å². The monoisotopic (exact) mass is 454 g/mol. The zero-order valence-corrected chi connectivity index (χ0v) is 17.5. The molecule has 8 heteroatoms. The molecule has 1 atom stereocenters. The van der Waals surface area contributed by atoms with Crippen LogP contribution in [-0.4, -0.2) is 34.3 Å². The number of imide groups is 1. The number of anilines is 2. The predicted molar refractivity (Wildman–Crippen MR) is 118 cm³/mol. The first kappa shape index (κ1) is 20.9. The van der Waals surface area contributed by atoms with Crippen LogP contribution in [0, 0.1) is 0 Å². The smallest absolute Gasteiger partial charge is 0.312 e. The summed E-state index contributed by atoms with van der Waals surface area (Å²) in [7, 11) is 0. The molecule has 0 saturated heterocycles. The van der Waals surface area contributed by atoms with E-state index in [0.717, 1.165) is 4.90 Å². The van der Waals surface area contributed by atoms with Crippen molar-refractivity contribution in [2.75, 3.05) is 11.9 Å². The number of carbonyl (C=O) groups excluding carboxylic acids is 2. The Morgan fingerprint density at radius 3 is 2.00 bits per heavy atom. The zero-order valence-electron chi connectivity index (χ0n) is 16.0. The third kappa shape index (κ3) is 3.87. The lowest BCUT2D eigenvalue weighted by atomic mass is 9.96. The molecule has 0 spiro atoms. The molecule has 3 aromatic rings. The van der Waals surface area contributed by atoms with E-state index in [-0.39, 0.29) is 17.7 Å². The number of halogens is 2. The molecule has 0 bridgehead atoms. The third-order valence-corrected chi connectivity index (χ3v) is 5.73. The molecule has 1 aliphatic rings. The van der Waals surface area contributed by atoms with Gasteiger partial charge in [0, 0.05) is 12.2 Å². The second kappa shape index (κ2) is 8.41. The molecule has 156 valence electrons. The number of rotatable bonds is 6. The van der Waals surface area contributed by atoms with E-state index in [4.69, 9.17) is 23.2 Å². The Balaban J connectivity index is 1.69. The van der Waals surface area contributed by atoms with Crippen LogP contribution < -0.4 is 5.32 Å². The summed E-state index contributed by atoms with van der Waals surface area (Å²) >= 11 is 12.5. The first-order valence-electron chi connectivity index (χ1n) is 9.36. The molecule has 2 N–H and O–H groups in total. The molecular formula is C23H16Cl2N2O4. The van der Waals surface area contributed by atoms with Crippen molar-refractivity contribution in [3.8, 4) is 0 Å². The lowest BCUT2D eigenvalue weighted by molar-refractivity contribution is -0.138. The van der Waals surface area contributed by atoms with Crippen molar-refractivity contribution in [1.82, 2.24) is 4.90 Å². The minimum absolute atomic E-state index is 0.269. The van der Waals surface area contributed by atoms with Gasteiger partial charge in [0.15, 0.2) is 0 Å². The number of nitrogens with zero attached hydrogens (tertiary/aromatic N) is 1. The number of fused-ring (bicyclic) bond motifs is 1. The number of hydrogen-bond acceptors (Lipinski definition) is 4. The van der Waals surface area contributed by atoms with E-state index in [0.29, 0.717) is 27.0 Å². The quantitative estimate of drug-likeness (QED) is 0.499. The lowest BCUT2D eigenvalue weighted by Crippen LogP contribution is -2.36. The van der Waals surface area contributed by atoms with E-state index in [1.54, 1.807) is 66.7 Å². The van der Waals surface area contributed by atoms with Gasteiger partial charge in [-0.1, -0.05) is 59.6 Å². The second-order valence-corrected chi connectivity index (χ2v) is 7.78. The summed E-state index contributed by atoms with van der Waals surface area (Å²) in [5.74, 6) is -3.35. The van der Waals surface area contributed by atoms with Crippen LogP contribution in [0.25, 0.3) is 0 Å². The molecule has 1 unspecified atom stereocenters. The Morgan fingerprint density at radius 1 is 0.871 bits per heavy atom. The highest BCUT2D eigenvalue weighted by atomic mass is 35.5. The molecule has 3 aromatic carbocycles. The van der Waals surface area contributed by atoms with Gasteiger partial charge in [0.05, 0.1) is 26.9 Å². The lowest BCUT2D eigenvalue weighted by Gasteiger charge is -2.23. The van der Waals surface area contributed by atoms with Gasteiger partial charge in [0.2, 0.25) is 0 Å². The molecule has 6 nitrogen and oxygen atoms in total. The number of carboxylic acids is 1. The Bertz CT molecular complexity index is 1160. The Kier molecular flexibility index (Phi) is 5.67. The number of carbonyl (C=O) groups is 3. The highest BCUT2D eigenvalue weighted by molar-refractivity contribution is 6.39. The van der Waals surface area contributed by atoms with Crippen LogP contribution in [0.2, 0.25) is 10.0 Å². The minimum atomic E-state index is -1.17. The van der Waals surface area contributed by atoms with Crippen LogP contribution in [0.3, 0.4) is 0 Å². The summed E-state index contributed by atoms with van der Waals surface area (Å²) in [5.41, 5.74) is 1.82. The van der Waals surface area contributed by atoms with Gasteiger partial charge < -0.3 is 10.4 Å². The normalized spacial score (nSPS) is 13.8. The van der Waals surface area contributed by atoms with Gasteiger partial charge in [-0.15, -0.1) is 0 Å². The standard InChI is InChI=1S/C23H16Cl2N2O4/c24-17-9-5-10-18(25)20(17)26-19-11-4-3-6-13(19)16(23(30)31)12-27-21(28)14-7-1-2-8-15(14)22(27)29/h1-11,16,26H,12H2,(H,30,31). The van der Waals surface area contributed by atoms with E-state index >= 15 is 0 Å².